The Balaban J connectivity index is 2.15. The van der Waals surface area contributed by atoms with Crippen LogP contribution in [0, 0.1) is 6.92 Å². The van der Waals surface area contributed by atoms with Crippen molar-refractivity contribution in [3.8, 4) is 5.75 Å². The molecule has 0 heterocycles. The van der Waals surface area contributed by atoms with Crippen LogP contribution in [0.1, 0.15) is 30.5 Å². The van der Waals surface area contributed by atoms with Gasteiger partial charge < -0.3 is 9.84 Å². The SMILES string of the molecule is Cc1cc(OCc2ccccc2)cc(C(C)(C)O)c1. The van der Waals surface area contributed by atoms with E-state index in [4.69, 9.17) is 4.74 Å². The molecule has 0 bridgehead atoms. The van der Waals surface area contributed by atoms with Crippen molar-refractivity contribution in [2.24, 2.45) is 0 Å². The average molecular weight is 256 g/mol. The molecule has 0 saturated carbocycles. The molecule has 0 atom stereocenters. The fourth-order valence-corrected chi connectivity index (χ4v) is 1.93. The molecule has 19 heavy (non-hydrogen) atoms. The number of rotatable bonds is 4. The molecule has 2 heteroatoms. The third-order valence-corrected chi connectivity index (χ3v) is 3.01. The Bertz CT molecular complexity index is 539. The first-order valence-electron chi connectivity index (χ1n) is 6.46. The lowest BCUT2D eigenvalue weighted by Gasteiger charge is -2.19. The third-order valence-electron chi connectivity index (χ3n) is 3.01. The zero-order valence-electron chi connectivity index (χ0n) is 11.7. The second-order valence-electron chi connectivity index (χ2n) is 5.37. The van der Waals surface area contributed by atoms with E-state index in [9.17, 15) is 5.11 Å². The molecule has 2 aromatic rings. The Hall–Kier alpha value is -1.80. The summed E-state index contributed by atoms with van der Waals surface area (Å²) in [6.45, 7) is 6.10. The van der Waals surface area contributed by atoms with Crippen molar-refractivity contribution >= 4 is 0 Å². The van der Waals surface area contributed by atoms with Gasteiger partial charge in [0.2, 0.25) is 0 Å². The van der Waals surface area contributed by atoms with Gasteiger partial charge in [0, 0.05) is 0 Å². The fourth-order valence-electron chi connectivity index (χ4n) is 1.93. The Morgan fingerprint density at radius 3 is 2.37 bits per heavy atom. The molecule has 0 saturated heterocycles. The van der Waals surface area contributed by atoms with E-state index < -0.39 is 5.60 Å². The maximum atomic E-state index is 10.1. The number of aryl methyl sites for hydroxylation is 1. The topological polar surface area (TPSA) is 29.5 Å². The zero-order valence-corrected chi connectivity index (χ0v) is 11.7. The van der Waals surface area contributed by atoms with Crippen LogP contribution in [0.5, 0.6) is 5.75 Å². The van der Waals surface area contributed by atoms with Crippen molar-refractivity contribution in [3.63, 3.8) is 0 Å². The lowest BCUT2D eigenvalue weighted by Crippen LogP contribution is -2.15. The quantitative estimate of drug-likeness (QED) is 0.901. The van der Waals surface area contributed by atoms with E-state index in [0.717, 1.165) is 22.4 Å². The summed E-state index contributed by atoms with van der Waals surface area (Å²) in [7, 11) is 0. The predicted molar refractivity (Wildman–Crippen MR) is 77.2 cm³/mol. The molecule has 0 aliphatic rings. The molecule has 1 N–H and O–H groups in total. The molecule has 0 unspecified atom stereocenters. The Labute approximate surface area is 114 Å². The highest BCUT2D eigenvalue weighted by molar-refractivity contribution is 5.36. The first kappa shape index (κ1) is 13.6. The molecular formula is C17H20O2. The van der Waals surface area contributed by atoms with Crippen molar-refractivity contribution in [3.05, 3.63) is 65.2 Å². The van der Waals surface area contributed by atoms with Crippen LogP contribution in [0.15, 0.2) is 48.5 Å². The van der Waals surface area contributed by atoms with Gasteiger partial charge in [-0.05, 0) is 49.6 Å². The van der Waals surface area contributed by atoms with Crippen molar-refractivity contribution in [2.75, 3.05) is 0 Å². The Morgan fingerprint density at radius 2 is 1.74 bits per heavy atom. The van der Waals surface area contributed by atoms with Gasteiger partial charge in [0.15, 0.2) is 0 Å². The molecule has 0 aliphatic carbocycles. The van der Waals surface area contributed by atoms with Gasteiger partial charge in [0.1, 0.15) is 12.4 Å². The fraction of sp³-hybridized carbons (Fsp3) is 0.294. The van der Waals surface area contributed by atoms with Gasteiger partial charge >= 0.3 is 0 Å². The maximum Gasteiger partial charge on any atom is 0.120 e. The molecule has 0 aromatic heterocycles. The highest BCUT2D eigenvalue weighted by Crippen LogP contribution is 2.26. The predicted octanol–water partition coefficient (Wildman–Crippen LogP) is 3.80. The molecule has 2 rings (SSSR count). The van der Waals surface area contributed by atoms with E-state index in [1.54, 1.807) is 13.8 Å². The van der Waals surface area contributed by atoms with Crippen molar-refractivity contribution < 1.29 is 9.84 Å². The molecule has 0 radical (unpaired) electrons. The number of ether oxygens (including phenoxy) is 1. The highest BCUT2D eigenvalue weighted by atomic mass is 16.5. The van der Waals surface area contributed by atoms with E-state index in [-0.39, 0.29) is 0 Å². The molecule has 0 spiro atoms. The minimum Gasteiger partial charge on any atom is -0.489 e. The van der Waals surface area contributed by atoms with Gasteiger partial charge in [-0.25, -0.2) is 0 Å². The van der Waals surface area contributed by atoms with Crippen LogP contribution in [-0.2, 0) is 12.2 Å². The zero-order chi connectivity index (χ0) is 13.9. The van der Waals surface area contributed by atoms with Crippen LogP contribution in [0.3, 0.4) is 0 Å². The van der Waals surface area contributed by atoms with E-state index >= 15 is 0 Å². The highest BCUT2D eigenvalue weighted by Gasteiger charge is 2.17. The summed E-state index contributed by atoms with van der Waals surface area (Å²) < 4.78 is 5.80. The van der Waals surface area contributed by atoms with Crippen molar-refractivity contribution in [2.45, 2.75) is 33.0 Å². The monoisotopic (exact) mass is 256 g/mol. The molecule has 2 nitrogen and oxygen atoms in total. The number of benzene rings is 2. The standard InChI is InChI=1S/C17H20O2/c1-13-9-15(17(2,3)18)11-16(10-13)19-12-14-7-5-4-6-8-14/h4-11,18H,12H2,1-3H3. The molecule has 0 aliphatic heterocycles. The van der Waals surface area contributed by atoms with E-state index in [0.29, 0.717) is 6.61 Å². The van der Waals surface area contributed by atoms with E-state index in [2.05, 4.69) is 0 Å². The largest absolute Gasteiger partial charge is 0.489 e. The summed E-state index contributed by atoms with van der Waals surface area (Å²) in [5.41, 5.74) is 2.24. The summed E-state index contributed by atoms with van der Waals surface area (Å²) in [4.78, 5) is 0. The van der Waals surface area contributed by atoms with Gasteiger partial charge in [-0.15, -0.1) is 0 Å². The van der Waals surface area contributed by atoms with Gasteiger partial charge in [-0.2, -0.15) is 0 Å². The number of aliphatic hydroxyl groups is 1. The lowest BCUT2D eigenvalue weighted by molar-refractivity contribution is 0.0781. The first-order valence-corrected chi connectivity index (χ1v) is 6.46. The maximum absolute atomic E-state index is 10.1. The van der Waals surface area contributed by atoms with Gasteiger partial charge in [0.25, 0.3) is 0 Å². The smallest absolute Gasteiger partial charge is 0.120 e. The van der Waals surface area contributed by atoms with Crippen LogP contribution in [-0.4, -0.2) is 5.11 Å². The second-order valence-corrected chi connectivity index (χ2v) is 5.37. The van der Waals surface area contributed by atoms with Gasteiger partial charge in [-0.3, -0.25) is 0 Å². The summed E-state index contributed by atoms with van der Waals surface area (Å²) in [6.07, 6.45) is 0. The summed E-state index contributed by atoms with van der Waals surface area (Å²) in [6, 6.07) is 15.9. The number of hydrogen-bond acceptors (Lipinski definition) is 2. The molecule has 0 amide bonds. The first-order chi connectivity index (χ1) is 8.95. The Morgan fingerprint density at radius 1 is 1.05 bits per heavy atom. The van der Waals surface area contributed by atoms with Crippen molar-refractivity contribution in [1.29, 1.82) is 0 Å². The molecule has 100 valence electrons. The molecule has 0 fully saturated rings. The minimum absolute atomic E-state index is 0.537. The van der Waals surface area contributed by atoms with Crippen LogP contribution < -0.4 is 4.74 Å². The van der Waals surface area contributed by atoms with Crippen LogP contribution in [0.25, 0.3) is 0 Å². The second kappa shape index (κ2) is 5.45. The van der Waals surface area contributed by atoms with Crippen molar-refractivity contribution in [1.82, 2.24) is 0 Å². The normalized spacial score (nSPS) is 11.4. The summed E-state index contributed by atoms with van der Waals surface area (Å²) >= 11 is 0. The van der Waals surface area contributed by atoms with E-state index in [1.165, 1.54) is 0 Å². The van der Waals surface area contributed by atoms with Crippen LogP contribution in [0.2, 0.25) is 0 Å². The summed E-state index contributed by atoms with van der Waals surface area (Å²) in [5, 5.41) is 10.1. The summed E-state index contributed by atoms with van der Waals surface area (Å²) in [5.74, 6) is 0.793. The van der Waals surface area contributed by atoms with Gasteiger partial charge in [-0.1, -0.05) is 36.4 Å². The van der Waals surface area contributed by atoms with Crippen LogP contribution in [0.4, 0.5) is 0 Å². The average Bonchev–Trinajstić information content (AvgIpc) is 2.36. The Kier molecular flexibility index (Phi) is 3.91. The minimum atomic E-state index is -0.850. The van der Waals surface area contributed by atoms with Crippen LogP contribution >= 0.6 is 0 Å². The number of hydrogen-bond donors (Lipinski definition) is 1. The third kappa shape index (κ3) is 3.83. The van der Waals surface area contributed by atoms with E-state index in [1.807, 2.05) is 55.5 Å². The lowest BCUT2D eigenvalue weighted by atomic mass is 9.96. The van der Waals surface area contributed by atoms with Gasteiger partial charge in [0.05, 0.1) is 5.60 Å². The molecular weight excluding hydrogens is 236 g/mol. The molecule has 2 aromatic carbocycles.